The summed E-state index contributed by atoms with van der Waals surface area (Å²) in [6, 6.07) is 9.28. The summed E-state index contributed by atoms with van der Waals surface area (Å²) in [5.41, 5.74) is 8.94. The maximum Gasteiger partial charge on any atom is 0.322 e. The number of nitrogens with two attached hydrogens (primary N) is 1. The normalized spacial score (nSPS) is 22.3. The number of fused-ring (bicyclic) bond motifs is 1. The van der Waals surface area contributed by atoms with Crippen molar-refractivity contribution in [1.29, 1.82) is 0 Å². The standard InChI is InChI=1S/C24H23Br3N4O3/c25-14-1-2-20-13(7-14)11-31(24(34)29-20)15-3-5-30(6-4-15)23(33)17-10-16(17)22(32)12-8-18(26)21(28)19(27)9-12/h1-2,7-9,15-17H,3-6,10-11,28H2,(H,29,34). The summed E-state index contributed by atoms with van der Waals surface area (Å²) in [5, 5.41) is 2.98. The van der Waals surface area contributed by atoms with E-state index in [0.29, 0.717) is 46.3 Å². The zero-order chi connectivity index (χ0) is 24.1. The predicted octanol–water partition coefficient (Wildman–Crippen LogP) is 5.41. The first-order chi connectivity index (χ1) is 16.2. The quantitative estimate of drug-likeness (QED) is 0.340. The molecular formula is C24H23Br3N4O3. The van der Waals surface area contributed by atoms with Crippen molar-refractivity contribution >= 4 is 76.9 Å². The van der Waals surface area contributed by atoms with Crippen LogP contribution in [0.2, 0.25) is 0 Å². The Morgan fingerprint density at radius 1 is 1.00 bits per heavy atom. The maximum absolute atomic E-state index is 13.1. The highest BCUT2D eigenvalue weighted by atomic mass is 79.9. The van der Waals surface area contributed by atoms with Gasteiger partial charge in [0.25, 0.3) is 0 Å². The van der Waals surface area contributed by atoms with E-state index in [-0.39, 0.29) is 35.6 Å². The van der Waals surface area contributed by atoms with Crippen LogP contribution in [-0.4, -0.2) is 46.7 Å². The molecule has 2 aromatic rings. The second-order valence-electron chi connectivity index (χ2n) is 9.08. The molecule has 2 atom stereocenters. The number of piperidine rings is 1. The van der Waals surface area contributed by atoms with Gasteiger partial charge in [0.15, 0.2) is 5.78 Å². The molecular weight excluding hydrogens is 632 g/mol. The van der Waals surface area contributed by atoms with Crippen molar-refractivity contribution < 1.29 is 14.4 Å². The number of hydrogen-bond donors (Lipinski definition) is 2. The molecule has 1 saturated carbocycles. The van der Waals surface area contributed by atoms with Crippen LogP contribution in [0.5, 0.6) is 0 Å². The van der Waals surface area contributed by atoms with Gasteiger partial charge in [-0.3, -0.25) is 9.59 Å². The van der Waals surface area contributed by atoms with Crippen molar-refractivity contribution in [2.75, 3.05) is 24.1 Å². The van der Waals surface area contributed by atoms with E-state index in [0.717, 1.165) is 28.6 Å². The van der Waals surface area contributed by atoms with Crippen LogP contribution in [0.1, 0.15) is 35.2 Å². The summed E-state index contributed by atoms with van der Waals surface area (Å²) in [6.45, 7) is 1.75. The number of anilines is 2. The molecule has 3 N–H and O–H groups in total. The molecule has 1 saturated heterocycles. The number of Topliss-reactive ketones (excluding diaryl/α,β-unsaturated/α-hetero) is 1. The molecule has 5 rings (SSSR count). The number of hydrogen-bond acceptors (Lipinski definition) is 4. The summed E-state index contributed by atoms with van der Waals surface area (Å²) in [7, 11) is 0. The number of urea groups is 1. The fraction of sp³-hybridized carbons (Fsp3) is 0.375. The Morgan fingerprint density at radius 3 is 2.35 bits per heavy atom. The molecule has 178 valence electrons. The number of likely N-dealkylation sites (tertiary alicyclic amines) is 1. The molecule has 2 aliphatic heterocycles. The van der Waals surface area contributed by atoms with Crippen molar-refractivity contribution in [2.24, 2.45) is 11.8 Å². The molecule has 34 heavy (non-hydrogen) atoms. The monoisotopic (exact) mass is 652 g/mol. The fourth-order valence-corrected chi connectivity index (χ4v) is 6.48. The van der Waals surface area contributed by atoms with Gasteiger partial charge in [0.05, 0.1) is 5.69 Å². The summed E-state index contributed by atoms with van der Waals surface area (Å²) in [6.07, 6.45) is 2.04. The molecule has 10 heteroatoms. The number of ketones is 1. The minimum atomic E-state index is -0.282. The molecule has 2 unspecified atom stereocenters. The maximum atomic E-state index is 13.1. The Kier molecular flexibility index (Phi) is 6.50. The van der Waals surface area contributed by atoms with Gasteiger partial charge in [-0.05, 0) is 87.0 Å². The van der Waals surface area contributed by atoms with E-state index in [2.05, 4.69) is 53.1 Å². The van der Waals surface area contributed by atoms with Gasteiger partial charge in [-0.15, -0.1) is 0 Å². The van der Waals surface area contributed by atoms with Gasteiger partial charge in [0.2, 0.25) is 5.91 Å². The van der Waals surface area contributed by atoms with Crippen LogP contribution < -0.4 is 11.1 Å². The second kappa shape index (κ2) is 9.28. The van der Waals surface area contributed by atoms with Crippen molar-refractivity contribution in [1.82, 2.24) is 9.80 Å². The third-order valence-corrected chi connectivity index (χ3v) is 8.74. The van der Waals surface area contributed by atoms with Crippen LogP contribution in [0.25, 0.3) is 0 Å². The van der Waals surface area contributed by atoms with Gasteiger partial charge >= 0.3 is 6.03 Å². The number of carbonyl (C=O) groups is 3. The van der Waals surface area contributed by atoms with Gasteiger partial charge in [-0.25, -0.2) is 4.79 Å². The van der Waals surface area contributed by atoms with Crippen LogP contribution in [0.3, 0.4) is 0 Å². The van der Waals surface area contributed by atoms with E-state index in [1.807, 2.05) is 28.0 Å². The van der Waals surface area contributed by atoms with Crippen LogP contribution >= 0.6 is 47.8 Å². The van der Waals surface area contributed by atoms with Crippen molar-refractivity contribution in [3.05, 3.63) is 54.9 Å². The Morgan fingerprint density at radius 2 is 1.68 bits per heavy atom. The average Bonchev–Trinajstić information content (AvgIpc) is 3.62. The number of nitrogens with zero attached hydrogens (tertiary/aromatic N) is 2. The van der Waals surface area contributed by atoms with Crippen LogP contribution in [0.4, 0.5) is 16.2 Å². The molecule has 0 radical (unpaired) electrons. The van der Waals surface area contributed by atoms with Crippen molar-refractivity contribution in [2.45, 2.75) is 31.8 Å². The fourth-order valence-electron chi connectivity index (χ4n) is 4.88. The molecule has 2 heterocycles. The molecule has 3 aliphatic rings. The molecule has 0 bridgehead atoms. The summed E-state index contributed by atoms with van der Waals surface area (Å²) in [5.74, 6) is -0.524. The van der Waals surface area contributed by atoms with Gasteiger partial charge in [0.1, 0.15) is 0 Å². The number of halogens is 3. The SMILES string of the molecule is Nc1c(Br)cc(C(=O)C2CC2C(=O)N2CCC(N3Cc4cc(Br)ccc4NC3=O)CC2)cc1Br. The Bertz CT molecular complexity index is 1170. The van der Waals surface area contributed by atoms with Crippen LogP contribution in [0.15, 0.2) is 43.7 Å². The Balaban J connectivity index is 1.18. The summed E-state index contributed by atoms with van der Waals surface area (Å²) >= 11 is 10.3. The van der Waals surface area contributed by atoms with Gasteiger partial charge < -0.3 is 20.9 Å². The molecule has 2 aromatic carbocycles. The van der Waals surface area contributed by atoms with E-state index < -0.39 is 0 Å². The predicted molar refractivity (Wildman–Crippen MR) is 140 cm³/mol. The lowest BCUT2D eigenvalue weighted by Crippen LogP contribution is -2.51. The van der Waals surface area contributed by atoms with Crippen molar-refractivity contribution in [3.8, 4) is 0 Å². The summed E-state index contributed by atoms with van der Waals surface area (Å²) < 4.78 is 2.30. The van der Waals surface area contributed by atoms with Gasteiger partial charge in [-0.1, -0.05) is 15.9 Å². The van der Waals surface area contributed by atoms with E-state index in [1.165, 1.54) is 0 Å². The van der Waals surface area contributed by atoms with Gasteiger partial charge in [0, 0.05) is 62.2 Å². The number of carbonyl (C=O) groups excluding carboxylic acids is 3. The van der Waals surface area contributed by atoms with E-state index in [9.17, 15) is 14.4 Å². The zero-order valence-electron chi connectivity index (χ0n) is 18.2. The molecule has 1 aliphatic carbocycles. The first-order valence-electron chi connectivity index (χ1n) is 11.2. The number of nitrogen functional groups attached to an aromatic ring is 1. The summed E-state index contributed by atoms with van der Waals surface area (Å²) in [4.78, 5) is 42.4. The largest absolute Gasteiger partial charge is 0.397 e. The first-order valence-corrected chi connectivity index (χ1v) is 13.5. The highest BCUT2D eigenvalue weighted by Crippen LogP contribution is 2.44. The first kappa shape index (κ1) is 23.8. The molecule has 2 fully saturated rings. The number of amides is 3. The minimum Gasteiger partial charge on any atom is -0.397 e. The van der Waals surface area contributed by atoms with E-state index in [4.69, 9.17) is 5.73 Å². The molecule has 0 spiro atoms. The number of benzene rings is 2. The lowest BCUT2D eigenvalue weighted by atomic mass is 10.00. The van der Waals surface area contributed by atoms with Crippen LogP contribution in [0, 0.1) is 11.8 Å². The Labute approximate surface area is 222 Å². The number of rotatable bonds is 4. The van der Waals surface area contributed by atoms with E-state index in [1.54, 1.807) is 12.1 Å². The number of nitrogens with one attached hydrogen (secondary N) is 1. The Hall–Kier alpha value is -1.91. The average molecular weight is 655 g/mol. The third kappa shape index (κ3) is 4.52. The third-order valence-electron chi connectivity index (χ3n) is 6.94. The molecule has 0 aromatic heterocycles. The molecule has 3 amide bonds. The second-order valence-corrected chi connectivity index (χ2v) is 11.7. The van der Waals surface area contributed by atoms with Crippen LogP contribution in [-0.2, 0) is 11.3 Å². The van der Waals surface area contributed by atoms with Crippen molar-refractivity contribution in [3.63, 3.8) is 0 Å². The molecule has 7 nitrogen and oxygen atoms in total. The lowest BCUT2D eigenvalue weighted by Gasteiger charge is -2.40. The van der Waals surface area contributed by atoms with Gasteiger partial charge in [-0.2, -0.15) is 0 Å². The topological polar surface area (TPSA) is 95.7 Å². The highest BCUT2D eigenvalue weighted by molar-refractivity contribution is 9.11. The smallest absolute Gasteiger partial charge is 0.322 e. The van der Waals surface area contributed by atoms with E-state index >= 15 is 0 Å². The lowest BCUT2D eigenvalue weighted by molar-refractivity contribution is -0.134. The zero-order valence-corrected chi connectivity index (χ0v) is 22.9. The highest BCUT2D eigenvalue weighted by Gasteiger charge is 2.50. The minimum absolute atomic E-state index is 0.0237.